The molecule has 1 rings (SSSR count). The van der Waals surface area contributed by atoms with E-state index in [2.05, 4.69) is 41.5 Å². The zero-order chi connectivity index (χ0) is 12.9. The van der Waals surface area contributed by atoms with Crippen LogP contribution in [0.15, 0.2) is 0 Å². The normalized spacial score (nSPS) is 40.1. The van der Waals surface area contributed by atoms with Crippen LogP contribution in [0.25, 0.3) is 0 Å². The summed E-state index contributed by atoms with van der Waals surface area (Å²) in [5, 5.41) is 0. The SMILES string of the molecule is CC.CCC(C)C1C(C)C(C)C(CC)C1C. The lowest BCUT2D eigenvalue weighted by Gasteiger charge is -2.27. The van der Waals surface area contributed by atoms with Crippen molar-refractivity contribution >= 4 is 0 Å². The van der Waals surface area contributed by atoms with Gasteiger partial charge in [0.1, 0.15) is 0 Å². The van der Waals surface area contributed by atoms with E-state index in [1.165, 1.54) is 12.8 Å². The third-order valence-corrected chi connectivity index (χ3v) is 5.17. The van der Waals surface area contributed by atoms with Gasteiger partial charge in [-0.05, 0) is 35.5 Å². The Labute approximate surface area is 104 Å². The van der Waals surface area contributed by atoms with Gasteiger partial charge in [-0.2, -0.15) is 0 Å². The molecule has 0 radical (unpaired) electrons. The van der Waals surface area contributed by atoms with Crippen LogP contribution in [0.5, 0.6) is 0 Å². The highest BCUT2D eigenvalue weighted by Crippen LogP contribution is 2.50. The Bertz CT molecular complexity index is 173. The van der Waals surface area contributed by atoms with Gasteiger partial charge in [-0.25, -0.2) is 0 Å². The summed E-state index contributed by atoms with van der Waals surface area (Å²) in [6.07, 6.45) is 2.72. The Morgan fingerprint density at radius 1 is 0.875 bits per heavy atom. The highest BCUT2D eigenvalue weighted by atomic mass is 14.5. The van der Waals surface area contributed by atoms with Gasteiger partial charge in [0.05, 0.1) is 0 Å². The van der Waals surface area contributed by atoms with E-state index in [0.717, 1.165) is 35.5 Å². The van der Waals surface area contributed by atoms with Crippen LogP contribution in [0.3, 0.4) is 0 Å². The molecule has 0 saturated heterocycles. The van der Waals surface area contributed by atoms with Crippen molar-refractivity contribution in [1.82, 2.24) is 0 Å². The fourth-order valence-corrected chi connectivity index (χ4v) is 4.04. The average Bonchev–Trinajstić information content (AvgIpc) is 2.52. The third-order valence-electron chi connectivity index (χ3n) is 5.17. The van der Waals surface area contributed by atoms with E-state index >= 15 is 0 Å². The first-order valence-corrected chi connectivity index (χ1v) is 7.54. The largest absolute Gasteiger partial charge is 0.0683 e. The Kier molecular flexibility index (Phi) is 7.35. The van der Waals surface area contributed by atoms with Crippen LogP contribution in [0.4, 0.5) is 0 Å². The first-order valence-electron chi connectivity index (χ1n) is 7.54. The Morgan fingerprint density at radius 3 is 1.69 bits per heavy atom. The summed E-state index contributed by atoms with van der Waals surface area (Å²) in [6.45, 7) is 18.6. The molecule has 0 heterocycles. The maximum absolute atomic E-state index is 2.49. The lowest BCUT2D eigenvalue weighted by molar-refractivity contribution is 0.215. The molecule has 1 aliphatic carbocycles. The number of hydrogen-bond donors (Lipinski definition) is 0. The molecule has 0 aromatic rings. The van der Waals surface area contributed by atoms with Crippen molar-refractivity contribution in [3.8, 4) is 0 Å². The van der Waals surface area contributed by atoms with Gasteiger partial charge in [-0.1, -0.05) is 68.2 Å². The third kappa shape index (κ3) is 3.02. The minimum absolute atomic E-state index is 0.916. The van der Waals surface area contributed by atoms with Gasteiger partial charge in [-0.3, -0.25) is 0 Å². The van der Waals surface area contributed by atoms with Gasteiger partial charge in [0.25, 0.3) is 0 Å². The van der Waals surface area contributed by atoms with E-state index < -0.39 is 0 Å². The van der Waals surface area contributed by atoms with Gasteiger partial charge in [0, 0.05) is 0 Å². The first kappa shape index (κ1) is 16.0. The fourth-order valence-electron chi connectivity index (χ4n) is 4.04. The van der Waals surface area contributed by atoms with Crippen molar-refractivity contribution in [2.75, 3.05) is 0 Å². The summed E-state index contributed by atoms with van der Waals surface area (Å²) >= 11 is 0. The standard InChI is InChI=1S/C14H28.C2H6/c1-7-9(3)14-11(5)10(4)13(8-2)12(14)6;1-2/h9-14H,7-8H2,1-6H3;1-2H3. The summed E-state index contributed by atoms with van der Waals surface area (Å²) in [5.74, 6) is 5.68. The van der Waals surface area contributed by atoms with Crippen LogP contribution in [0.1, 0.15) is 68.2 Å². The second-order valence-corrected chi connectivity index (χ2v) is 5.61. The zero-order valence-corrected chi connectivity index (χ0v) is 12.9. The molecule has 0 amide bonds. The van der Waals surface area contributed by atoms with Crippen LogP contribution in [-0.4, -0.2) is 0 Å². The molecule has 0 N–H and O–H groups in total. The highest BCUT2D eigenvalue weighted by molar-refractivity contribution is 4.92. The van der Waals surface area contributed by atoms with Gasteiger partial charge in [-0.15, -0.1) is 0 Å². The minimum Gasteiger partial charge on any atom is -0.0683 e. The molecule has 0 aromatic heterocycles. The van der Waals surface area contributed by atoms with Crippen molar-refractivity contribution in [1.29, 1.82) is 0 Å². The molecule has 0 spiro atoms. The van der Waals surface area contributed by atoms with E-state index in [1.54, 1.807) is 0 Å². The van der Waals surface area contributed by atoms with Crippen LogP contribution in [0.2, 0.25) is 0 Å². The van der Waals surface area contributed by atoms with Crippen LogP contribution < -0.4 is 0 Å². The van der Waals surface area contributed by atoms with Crippen LogP contribution in [0, 0.1) is 35.5 Å². The maximum atomic E-state index is 2.49. The molecular formula is C16H34. The van der Waals surface area contributed by atoms with Gasteiger partial charge in [0.15, 0.2) is 0 Å². The van der Waals surface area contributed by atoms with Crippen molar-refractivity contribution < 1.29 is 0 Å². The van der Waals surface area contributed by atoms with E-state index in [0.29, 0.717) is 0 Å². The van der Waals surface area contributed by atoms with E-state index in [4.69, 9.17) is 0 Å². The second-order valence-electron chi connectivity index (χ2n) is 5.61. The van der Waals surface area contributed by atoms with Crippen molar-refractivity contribution in [3.05, 3.63) is 0 Å². The van der Waals surface area contributed by atoms with Crippen molar-refractivity contribution in [3.63, 3.8) is 0 Å². The second kappa shape index (κ2) is 7.35. The molecule has 0 heteroatoms. The molecule has 0 aliphatic heterocycles. The van der Waals surface area contributed by atoms with Crippen LogP contribution in [-0.2, 0) is 0 Å². The minimum atomic E-state index is 0.916. The molecule has 0 aromatic carbocycles. The lowest BCUT2D eigenvalue weighted by Crippen LogP contribution is -2.21. The number of hydrogen-bond acceptors (Lipinski definition) is 0. The first-order chi connectivity index (χ1) is 7.54. The fraction of sp³-hybridized carbons (Fsp3) is 1.00. The molecule has 16 heavy (non-hydrogen) atoms. The lowest BCUT2D eigenvalue weighted by atomic mass is 9.78. The van der Waals surface area contributed by atoms with Gasteiger partial charge < -0.3 is 0 Å². The van der Waals surface area contributed by atoms with Crippen molar-refractivity contribution in [2.45, 2.75) is 68.2 Å². The Balaban J connectivity index is 0.00000106. The summed E-state index contributed by atoms with van der Waals surface area (Å²) in [5.41, 5.74) is 0. The predicted molar refractivity (Wildman–Crippen MR) is 75.6 cm³/mol. The number of rotatable bonds is 3. The Hall–Kier alpha value is 0. The molecule has 6 atom stereocenters. The van der Waals surface area contributed by atoms with E-state index in [1.807, 2.05) is 13.8 Å². The summed E-state index contributed by atoms with van der Waals surface area (Å²) in [4.78, 5) is 0. The zero-order valence-electron chi connectivity index (χ0n) is 12.9. The topological polar surface area (TPSA) is 0 Å². The van der Waals surface area contributed by atoms with E-state index in [9.17, 15) is 0 Å². The average molecular weight is 226 g/mol. The van der Waals surface area contributed by atoms with Gasteiger partial charge >= 0.3 is 0 Å². The summed E-state index contributed by atoms with van der Waals surface area (Å²) in [6, 6.07) is 0. The monoisotopic (exact) mass is 226 g/mol. The summed E-state index contributed by atoms with van der Waals surface area (Å²) in [7, 11) is 0. The maximum Gasteiger partial charge on any atom is -0.0332 e. The molecule has 98 valence electrons. The smallest absolute Gasteiger partial charge is 0.0332 e. The molecule has 1 fully saturated rings. The molecule has 1 saturated carbocycles. The molecular weight excluding hydrogens is 192 g/mol. The predicted octanol–water partition coefficient (Wildman–Crippen LogP) is 5.62. The molecule has 0 nitrogen and oxygen atoms in total. The van der Waals surface area contributed by atoms with E-state index in [-0.39, 0.29) is 0 Å². The summed E-state index contributed by atoms with van der Waals surface area (Å²) < 4.78 is 0. The van der Waals surface area contributed by atoms with Gasteiger partial charge in [0.2, 0.25) is 0 Å². The molecule has 0 bridgehead atoms. The van der Waals surface area contributed by atoms with Crippen molar-refractivity contribution in [2.24, 2.45) is 35.5 Å². The molecule has 1 aliphatic rings. The molecule has 6 unspecified atom stereocenters. The highest BCUT2D eigenvalue weighted by Gasteiger charge is 2.44. The Morgan fingerprint density at radius 2 is 1.38 bits per heavy atom. The quantitative estimate of drug-likeness (QED) is 0.585. The van der Waals surface area contributed by atoms with Crippen LogP contribution >= 0.6 is 0 Å².